The van der Waals surface area contributed by atoms with Gasteiger partial charge in [0.25, 0.3) is 0 Å². The Bertz CT molecular complexity index is 2270. The largest absolute Gasteiger partial charge is 0.704 e. The molecule has 8 heteroatoms. The zero-order valence-corrected chi connectivity index (χ0v) is 31.8. The third-order valence-electron chi connectivity index (χ3n) is 12.2. The average Bonchev–Trinajstić information content (AvgIpc) is 3.98. The van der Waals surface area contributed by atoms with E-state index in [1.165, 1.54) is 46.2 Å². The summed E-state index contributed by atoms with van der Waals surface area (Å²) in [6.45, 7) is 6.27. The number of hydrogen-bond acceptors (Lipinski definition) is 4. The molecule has 1 saturated carbocycles. The molecule has 1 spiro atoms. The first kappa shape index (κ1) is 33.8. The van der Waals surface area contributed by atoms with Crippen LogP contribution in [-0.2, 0) is 25.9 Å². The molecule has 0 bridgehead atoms. The van der Waals surface area contributed by atoms with Gasteiger partial charge in [0.05, 0.1) is 23.8 Å². The normalized spacial score (nSPS) is 20.5. The molecule has 55 heavy (non-hydrogen) atoms. The maximum absolute atomic E-state index is 7.27. The molecule has 276 valence electrons. The van der Waals surface area contributed by atoms with Crippen molar-refractivity contribution < 1.29 is 18.6 Å². The van der Waals surface area contributed by atoms with E-state index in [-0.39, 0.29) is 0 Å². The van der Waals surface area contributed by atoms with Crippen LogP contribution < -0.4 is 9.47 Å². The molecule has 2 unspecified atom stereocenters. The van der Waals surface area contributed by atoms with Crippen molar-refractivity contribution in [2.75, 3.05) is 0 Å². The standard InChI is InChI=1S/C47H48N6O2/c1-33-25-37(41-15-5-3-11-35(41)13-9-21-50-23-19-48-31-50)27-39-29-52-43-17-7-8-18-44(43)53-30-40-28-38(26-34(2)46(40)55-47(52,53)54-45(33)39)42-16-6-4-12-36(42)14-10-22-51-24-20-49-32-51/h3-6,11-12,15-16,19-20,23-32,43-44H,7-10,13-14,17-18,21-22H2,1-2H3/q+2. The fourth-order valence-electron chi connectivity index (χ4n) is 9.61. The summed E-state index contributed by atoms with van der Waals surface area (Å²) in [7, 11) is 0. The summed E-state index contributed by atoms with van der Waals surface area (Å²) in [6, 6.07) is 26.5. The van der Waals surface area contributed by atoms with E-state index in [1.807, 2.05) is 37.4 Å². The number of benzene rings is 4. The van der Waals surface area contributed by atoms with E-state index >= 15 is 0 Å². The highest BCUT2D eigenvalue weighted by atomic mass is 16.7. The van der Waals surface area contributed by atoms with Crippen molar-refractivity contribution in [3.8, 4) is 33.8 Å². The van der Waals surface area contributed by atoms with Gasteiger partial charge in [-0.3, -0.25) is 0 Å². The lowest BCUT2D eigenvalue weighted by Gasteiger charge is -2.29. The van der Waals surface area contributed by atoms with E-state index < -0.39 is 6.03 Å². The van der Waals surface area contributed by atoms with Gasteiger partial charge in [-0.05, 0) is 121 Å². The summed E-state index contributed by atoms with van der Waals surface area (Å²) in [6.07, 6.45) is 25.0. The molecule has 10 rings (SSSR count). The second-order valence-corrected chi connectivity index (χ2v) is 15.8. The smallest absolute Gasteiger partial charge is 0.340 e. The number of rotatable bonds is 10. The molecular formula is C47H48N6O2+2. The molecule has 8 nitrogen and oxygen atoms in total. The molecule has 4 aromatic carbocycles. The number of aryl methyl sites for hydroxylation is 6. The topological polar surface area (TPSA) is 60.1 Å². The molecule has 1 aliphatic carbocycles. The van der Waals surface area contributed by atoms with Crippen LogP contribution in [0.5, 0.6) is 11.5 Å². The van der Waals surface area contributed by atoms with Crippen LogP contribution in [0.4, 0.5) is 0 Å². The zero-order chi connectivity index (χ0) is 36.9. The van der Waals surface area contributed by atoms with Crippen LogP contribution in [0.25, 0.3) is 22.3 Å². The summed E-state index contributed by atoms with van der Waals surface area (Å²) in [5.41, 5.74) is 12.2. The maximum atomic E-state index is 7.27. The van der Waals surface area contributed by atoms with Crippen molar-refractivity contribution in [3.63, 3.8) is 0 Å². The first-order valence-corrected chi connectivity index (χ1v) is 20.1. The highest BCUT2D eigenvalue weighted by Gasteiger charge is 2.76. The third-order valence-corrected chi connectivity index (χ3v) is 12.2. The minimum Gasteiger partial charge on any atom is -0.340 e. The number of nitrogens with zero attached hydrogens (tertiary/aromatic N) is 6. The lowest BCUT2D eigenvalue weighted by molar-refractivity contribution is -0.866. The van der Waals surface area contributed by atoms with Gasteiger partial charge < -0.3 is 18.6 Å². The monoisotopic (exact) mass is 728 g/mol. The van der Waals surface area contributed by atoms with Gasteiger partial charge in [-0.1, -0.05) is 57.7 Å². The molecule has 2 fully saturated rings. The van der Waals surface area contributed by atoms with E-state index in [0.29, 0.717) is 12.1 Å². The summed E-state index contributed by atoms with van der Waals surface area (Å²) in [5.74, 6) is 1.80. The molecule has 2 atom stereocenters. The van der Waals surface area contributed by atoms with Crippen molar-refractivity contribution in [1.82, 2.24) is 19.1 Å². The van der Waals surface area contributed by atoms with Gasteiger partial charge in [0.1, 0.15) is 0 Å². The van der Waals surface area contributed by atoms with Gasteiger partial charge in [0, 0.05) is 50.7 Å². The Morgan fingerprint density at radius 1 is 0.655 bits per heavy atom. The van der Waals surface area contributed by atoms with Crippen molar-refractivity contribution in [1.29, 1.82) is 0 Å². The third kappa shape index (κ3) is 5.99. The Balaban J connectivity index is 0.992. The van der Waals surface area contributed by atoms with E-state index in [0.717, 1.165) is 85.4 Å². The van der Waals surface area contributed by atoms with Gasteiger partial charge in [0.15, 0.2) is 23.9 Å². The average molecular weight is 729 g/mol. The highest BCUT2D eigenvalue weighted by Crippen LogP contribution is 2.47. The van der Waals surface area contributed by atoms with Crippen LogP contribution in [0.1, 0.15) is 71.9 Å². The Hall–Kier alpha value is -5.76. The van der Waals surface area contributed by atoms with Crippen LogP contribution in [0.3, 0.4) is 0 Å². The molecule has 0 N–H and O–H groups in total. The number of aromatic nitrogens is 4. The Kier molecular flexibility index (Phi) is 8.49. The maximum Gasteiger partial charge on any atom is 0.704 e. The van der Waals surface area contributed by atoms with Crippen LogP contribution in [0.2, 0.25) is 0 Å². The minimum atomic E-state index is -1.06. The van der Waals surface area contributed by atoms with Crippen LogP contribution in [-0.4, -0.2) is 58.8 Å². The summed E-state index contributed by atoms with van der Waals surface area (Å²) in [4.78, 5) is 8.42. The number of imidazole rings is 2. The number of hydrogen-bond donors (Lipinski definition) is 0. The van der Waals surface area contributed by atoms with Gasteiger partial charge in [0.2, 0.25) is 12.1 Å². The SMILES string of the molecule is Cc1cc(-c2ccccc2CCCn2ccnc2)cc2c1OC13Oc4c(C)cc(-c5ccccc5CCCn5ccnc5)cc4C=[N+]1C1CCCCC1[N+]3=C2. The van der Waals surface area contributed by atoms with Crippen molar-refractivity contribution in [3.05, 3.63) is 144 Å². The van der Waals surface area contributed by atoms with Gasteiger partial charge in [-0.15, -0.1) is 0 Å². The molecule has 3 aliphatic heterocycles. The van der Waals surface area contributed by atoms with Crippen LogP contribution in [0.15, 0.2) is 110 Å². The lowest BCUT2D eigenvalue weighted by atomic mass is 9.90. The fraction of sp³-hybridized carbons (Fsp3) is 0.319. The molecule has 1 saturated heterocycles. The van der Waals surface area contributed by atoms with Crippen molar-refractivity contribution >= 4 is 12.4 Å². The predicted molar refractivity (Wildman–Crippen MR) is 215 cm³/mol. The highest BCUT2D eigenvalue weighted by molar-refractivity contribution is 5.88. The van der Waals surface area contributed by atoms with Crippen molar-refractivity contribution in [2.24, 2.45) is 0 Å². The fourth-order valence-corrected chi connectivity index (χ4v) is 9.61. The van der Waals surface area contributed by atoms with Crippen LogP contribution in [0, 0.1) is 13.8 Å². The quantitative estimate of drug-likeness (QED) is 0.133. The number of ether oxygens (including phenoxy) is 2. The van der Waals surface area contributed by atoms with Crippen LogP contribution >= 0.6 is 0 Å². The summed E-state index contributed by atoms with van der Waals surface area (Å²) >= 11 is 0. The molecule has 5 heterocycles. The molecule has 6 aromatic rings. The Morgan fingerprint density at radius 2 is 1.13 bits per heavy atom. The van der Waals surface area contributed by atoms with E-state index in [9.17, 15) is 0 Å². The second kappa shape index (κ2) is 13.8. The number of fused-ring (bicyclic) bond motifs is 5. The van der Waals surface area contributed by atoms with E-state index in [4.69, 9.17) is 9.47 Å². The second-order valence-electron chi connectivity index (χ2n) is 15.8. The molecule has 2 aromatic heterocycles. The Labute approximate surface area is 323 Å². The van der Waals surface area contributed by atoms with E-state index in [2.05, 4.69) is 127 Å². The van der Waals surface area contributed by atoms with Gasteiger partial charge in [-0.25, -0.2) is 9.97 Å². The minimum absolute atomic E-state index is 0.294. The van der Waals surface area contributed by atoms with Gasteiger partial charge >= 0.3 is 6.03 Å². The summed E-state index contributed by atoms with van der Waals surface area (Å²) in [5, 5.41) is 0. The Morgan fingerprint density at radius 3 is 1.58 bits per heavy atom. The first-order valence-electron chi connectivity index (χ1n) is 20.1. The van der Waals surface area contributed by atoms with E-state index in [1.54, 1.807) is 0 Å². The molecule has 0 radical (unpaired) electrons. The molecular weight excluding hydrogens is 681 g/mol. The predicted octanol–water partition coefficient (Wildman–Crippen LogP) is 8.58. The van der Waals surface area contributed by atoms with Gasteiger partial charge in [-0.2, -0.15) is 0 Å². The molecule has 0 amide bonds. The van der Waals surface area contributed by atoms with Crippen molar-refractivity contribution in [2.45, 2.75) is 96.4 Å². The zero-order valence-electron chi connectivity index (χ0n) is 31.8. The summed E-state index contributed by atoms with van der Waals surface area (Å²) < 4.78 is 23.7. The molecule has 4 aliphatic rings. The first-order chi connectivity index (χ1) is 27.0. The lowest BCUT2D eigenvalue weighted by Crippen LogP contribution is -2.60.